The molecule has 2 rings (SSSR count). The van der Waals surface area contributed by atoms with Crippen LogP contribution in [0.15, 0.2) is 24.3 Å². The largest absolute Gasteiger partial charge is 0.508 e. The molecule has 19 heavy (non-hydrogen) atoms. The van der Waals surface area contributed by atoms with Crippen LogP contribution in [0.4, 0.5) is 0 Å². The van der Waals surface area contributed by atoms with Crippen molar-refractivity contribution in [3.05, 3.63) is 29.8 Å². The van der Waals surface area contributed by atoms with Crippen LogP contribution in [-0.4, -0.2) is 46.6 Å². The minimum Gasteiger partial charge on any atom is -0.508 e. The molecule has 1 aromatic rings. The van der Waals surface area contributed by atoms with Crippen molar-refractivity contribution < 1.29 is 15.0 Å². The SMILES string of the molecule is CN(CC(=O)c1ccc(O)cc1)CC1(O)CCCC1. The predicted molar refractivity (Wildman–Crippen MR) is 73.4 cm³/mol. The van der Waals surface area contributed by atoms with Crippen LogP contribution >= 0.6 is 0 Å². The van der Waals surface area contributed by atoms with Crippen LogP contribution in [0.25, 0.3) is 0 Å². The number of benzene rings is 1. The number of nitrogens with zero attached hydrogens (tertiary/aromatic N) is 1. The van der Waals surface area contributed by atoms with Gasteiger partial charge in [0, 0.05) is 12.1 Å². The first kappa shape index (κ1) is 14.0. The van der Waals surface area contributed by atoms with Gasteiger partial charge in [-0.3, -0.25) is 9.69 Å². The lowest BCUT2D eigenvalue weighted by Crippen LogP contribution is -2.41. The molecule has 1 aromatic carbocycles. The number of aliphatic hydroxyl groups is 1. The highest BCUT2D eigenvalue weighted by atomic mass is 16.3. The fraction of sp³-hybridized carbons (Fsp3) is 0.533. The molecule has 0 aliphatic heterocycles. The number of phenolic OH excluding ortho intramolecular Hbond substituents is 1. The topological polar surface area (TPSA) is 60.8 Å². The number of Topliss-reactive ketones (excluding diaryl/α,β-unsaturated/α-hetero) is 1. The lowest BCUT2D eigenvalue weighted by Gasteiger charge is -2.28. The van der Waals surface area contributed by atoms with Crippen molar-refractivity contribution in [3.8, 4) is 5.75 Å². The van der Waals surface area contributed by atoms with Crippen LogP contribution in [-0.2, 0) is 0 Å². The zero-order valence-electron chi connectivity index (χ0n) is 11.3. The standard InChI is InChI=1S/C15H21NO3/c1-16(11-15(19)8-2-3-9-15)10-14(18)12-4-6-13(17)7-5-12/h4-7,17,19H,2-3,8-11H2,1H3. The van der Waals surface area contributed by atoms with Crippen LogP contribution in [0.5, 0.6) is 5.75 Å². The zero-order chi connectivity index (χ0) is 13.9. The van der Waals surface area contributed by atoms with Crippen molar-refractivity contribution in [2.75, 3.05) is 20.1 Å². The monoisotopic (exact) mass is 263 g/mol. The van der Waals surface area contributed by atoms with Crippen molar-refractivity contribution in [3.63, 3.8) is 0 Å². The molecule has 0 unspecified atom stereocenters. The summed E-state index contributed by atoms with van der Waals surface area (Å²) in [6.07, 6.45) is 3.78. The van der Waals surface area contributed by atoms with E-state index in [1.807, 2.05) is 11.9 Å². The highest BCUT2D eigenvalue weighted by molar-refractivity contribution is 5.97. The van der Waals surface area contributed by atoms with Crippen molar-refractivity contribution in [1.29, 1.82) is 0 Å². The second kappa shape index (κ2) is 5.72. The Hall–Kier alpha value is -1.39. The van der Waals surface area contributed by atoms with Gasteiger partial charge in [0.15, 0.2) is 5.78 Å². The summed E-state index contributed by atoms with van der Waals surface area (Å²) in [5, 5.41) is 19.5. The van der Waals surface area contributed by atoms with Gasteiger partial charge in [0.1, 0.15) is 5.75 Å². The van der Waals surface area contributed by atoms with Crippen molar-refractivity contribution in [1.82, 2.24) is 4.90 Å². The van der Waals surface area contributed by atoms with Gasteiger partial charge in [-0.2, -0.15) is 0 Å². The number of carbonyl (C=O) groups is 1. The van der Waals surface area contributed by atoms with Gasteiger partial charge >= 0.3 is 0 Å². The molecule has 0 heterocycles. The van der Waals surface area contributed by atoms with E-state index in [1.54, 1.807) is 12.1 Å². The molecule has 1 aliphatic carbocycles. The van der Waals surface area contributed by atoms with E-state index in [0.717, 1.165) is 25.7 Å². The minimum absolute atomic E-state index is 0.00379. The maximum atomic E-state index is 12.0. The molecule has 0 atom stereocenters. The fourth-order valence-electron chi connectivity index (χ4n) is 2.73. The fourth-order valence-corrected chi connectivity index (χ4v) is 2.73. The van der Waals surface area contributed by atoms with Crippen LogP contribution < -0.4 is 0 Å². The number of phenols is 1. The molecule has 0 bridgehead atoms. The molecular weight excluding hydrogens is 242 g/mol. The first-order chi connectivity index (χ1) is 8.98. The van der Waals surface area contributed by atoms with Crippen molar-refractivity contribution in [2.45, 2.75) is 31.3 Å². The van der Waals surface area contributed by atoms with E-state index < -0.39 is 5.60 Å². The number of ketones is 1. The van der Waals surface area contributed by atoms with Gasteiger partial charge in [-0.15, -0.1) is 0 Å². The Balaban J connectivity index is 1.89. The number of likely N-dealkylation sites (N-methyl/N-ethyl adjacent to an activating group) is 1. The molecular formula is C15H21NO3. The average Bonchev–Trinajstić information content (AvgIpc) is 2.76. The van der Waals surface area contributed by atoms with E-state index in [1.165, 1.54) is 12.1 Å². The van der Waals surface area contributed by atoms with Gasteiger partial charge < -0.3 is 10.2 Å². The molecule has 0 amide bonds. The molecule has 4 heteroatoms. The van der Waals surface area contributed by atoms with E-state index in [9.17, 15) is 15.0 Å². The Bertz CT molecular complexity index is 435. The summed E-state index contributed by atoms with van der Waals surface area (Å²) in [4.78, 5) is 13.9. The minimum atomic E-state index is -0.621. The molecule has 0 radical (unpaired) electrons. The van der Waals surface area contributed by atoms with Crippen molar-refractivity contribution >= 4 is 5.78 Å². The summed E-state index contributed by atoms with van der Waals surface area (Å²) in [7, 11) is 1.86. The Morgan fingerprint density at radius 1 is 1.26 bits per heavy atom. The quantitative estimate of drug-likeness (QED) is 0.795. The van der Waals surface area contributed by atoms with E-state index in [4.69, 9.17) is 0 Å². The van der Waals surface area contributed by atoms with E-state index in [2.05, 4.69) is 0 Å². The average molecular weight is 263 g/mol. The molecule has 0 aromatic heterocycles. The Labute approximate surface area is 113 Å². The summed E-state index contributed by atoms with van der Waals surface area (Å²) in [5.74, 6) is 0.161. The van der Waals surface area contributed by atoms with Gasteiger partial charge in [-0.25, -0.2) is 0 Å². The smallest absolute Gasteiger partial charge is 0.176 e. The lowest BCUT2D eigenvalue weighted by molar-refractivity contribution is 0.0172. The van der Waals surface area contributed by atoms with Gasteiger partial charge in [0.25, 0.3) is 0 Å². The van der Waals surface area contributed by atoms with Gasteiger partial charge in [0.2, 0.25) is 0 Å². The van der Waals surface area contributed by atoms with Crippen molar-refractivity contribution in [2.24, 2.45) is 0 Å². The zero-order valence-corrected chi connectivity index (χ0v) is 11.3. The number of hydrogen-bond acceptors (Lipinski definition) is 4. The van der Waals surface area contributed by atoms with E-state index in [0.29, 0.717) is 12.1 Å². The predicted octanol–water partition coefficient (Wildman–Crippen LogP) is 1.81. The van der Waals surface area contributed by atoms with Gasteiger partial charge in [-0.05, 0) is 44.2 Å². The molecule has 2 N–H and O–H groups in total. The first-order valence-corrected chi connectivity index (χ1v) is 6.72. The molecule has 0 spiro atoms. The normalized spacial score (nSPS) is 17.8. The van der Waals surface area contributed by atoms with E-state index >= 15 is 0 Å². The molecule has 1 aliphatic rings. The van der Waals surface area contributed by atoms with Crippen LogP contribution in [0.2, 0.25) is 0 Å². The van der Waals surface area contributed by atoms with Crippen LogP contribution in [0.3, 0.4) is 0 Å². The molecule has 1 saturated carbocycles. The Kier molecular flexibility index (Phi) is 4.22. The summed E-state index contributed by atoms with van der Waals surface area (Å²) in [6, 6.07) is 6.26. The number of rotatable bonds is 5. The highest BCUT2D eigenvalue weighted by Crippen LogP contribution is 2.29. The van der Waals surface area contributed by atoms with Gasteiger partial charge in [0.05, 0.1) is 12.1 Å². The molecule has 4 nitrogen and oxygen atoms in total. The Morgan fingerprint density at radius 3 is 2.42 bits per heavy atom. The number of aromatic hydroxyl groups is 1. The maximum absolute atomic E-state index is 12.0. The van der Waals surface area contributed by atoms with Crippen LogP contribution in [0.1, 0.15) is 36.0 Å². The lowest BCUT2D eigenvalue weighted by atomic mass is 10.0. The maximum Gasteiger partial charge on any atom is 0.176 e. The molecule has 1 fully saturated rings. The third-order valence-corrected chi connectivity index (χ3v) is 3.70. The number of carbonyl (C=O) groups excluding carboxylic acids is 1. The van der Waals surface area contributed by atoms with Crippen LogP contribution in [0, 0.1) is 0 Å². The molecule has 0 saturated heterocycles. The summed E-state index contributed by atoms with van der Waals surface area (Å²) in [6.45, 7) is 0.823. The summed E-state index contributed by atoms with van der Waals surface area (Å²) >= 11 is 0. The summed E-state index contributed by atoms with van der Waals surface area (Å²) in [5.41, 5.74) is -0.0349. The third kappa shape index (κ3) is 3.78. The number of hydrogen-bond donors (Lipinski definition) is 2. The Morgan fingerprint density at radius 2 is 1.84 bits per heavy atom. The second-order valence-corrected chi connectivity index (χ2v) is 5.57. The highest BCUT2D eigenvalue weighted by Gasteiger charge is 2.32. The first-order valence-electron chi connectivity index (χ1n) is 6.72. The summed E-state index contributed by atoms with van der Waals surface area (Å²) < 4.78 is 0. The molecule has 104 valence electrons. The van der Waals surface area contributed by atoms with Gasteiger partial charge in [-0.1, -0.05) is 12.8 Å². The van der Waals surface area contributed by atoms with E-state index in [-0.39, 0.29) is 18.1 Å². The second-order valence-electron chi connectivity index (χ2n) is 5.57. The third-order valence-electron chi connectivity index (χ3n) is 3.70.